The molecule has 0 saturated heterocycles. The van der Waals surface area contributed by atoms with Crippen molar-refractivity contribution in [2.45, 2.75) is 218 Å². The summed E-state index contributed by atoms with van der Waals surface area (Å²) < 4.78 is 40.1. The number of benzene rings is 1. The summed E-state index contributed by atoms with van der Waals surface area (Å²) >= 11 is 0. The Morgan fingerprint density at radius 2 is 0.900 bits per heavy atom. The zero-order chi connectivity index (χ0) is 43.7. The molecular weight excluding hydrogens is 783 g/mol. The number of unbranched alkanes of at least 4 members (excludes halogenated alkanes) is 26. The zero-order valence-electron chi connectivity index (χ0n) is 37.2. The van der Waals surface area contributed by atoms with Crippen LogP contribution in [-0.2, 0) is 48.7 Å². The van der Waals surface area contributed by atoms with Gasteiger partial charge in [-0.1, -0.05) is 199 Å². The molecule has 0 fully saturated rings. The molecule has 0 bridgehead atoms. The number of aromatic hydroxyl groups is 1. The fourth-order valence-corrected chi connectivity index (χ4v) is 8.36. The van der Waals surface area contributed by atoms with E-state index in [9.17, 15) is 32.7 Å². The van der Waals surface area contributed by atoms with E-state index in [0.717, 1.165) is 38.5 Å². The molecule has 1 aromatic carbocycles. The molecule has 1 heterocycles. The van der Waals surface area contributed by atoms with E-state index in [0.29, 0.717) is 22.0 Å². The van der Waals surface area contributed by atoms with E-state index >= 15 is 0 Å². The van der Waals surface area contributed by atoms with E-state index in [1.165, 1.54) is 153 Å². The van der Waals surface area contributed by atoms with Gasteiger partial charge in [0, 0.05) is 6.54 Å². The van der Waals surface area contributed by atoms with Crippen molar-refractivity contribution < 1.29 is 32.6 Å². The molecule has 60 heavy (non-hydrogen) atoms. The number of aromatic nitrogens is 2. The lowest BCUT2D eigenvalue weighted by atomic mass is 10.0. The average molecular weight is 862 g/mol. The Morgan fingerprint density at radius 3 is 1.28 bits per heavy atom. The Balaban J connectivity index is 1.87. The second kappa shape index (κ2) is 33.2. The van der Waals surface area contributed by atoms with Gasteiger partial charge in [-0.05, 0) is 25.0 Å². The molecule has 0 amide bonds. The Kier molecular flexibility index (Phi) is 29.2. The van der Waals surface area contributed by atoms with Crippen LogP contribution in [0.15, 0.2) is 44.8 Å². The van der Waals surface area contributed by atoms with Crippen LogP contribution >= 0.6 is 0 Å². The quantitative estimate of drug-likeness (QED) is 0.0494. The molecule has 0 aliphatic carbocycles. The predicted molar refractivity (Wildman–Crippen MR) is 240 cm³/mol. The van der Waals surface area contributed by atoms with Gasteiger partial charge in [-0.2, -0.15) is 0 Å². The van der Waals surface area contributed by atoms with Gasteiger partial charge in [0.2, 0.25) is 15.9 Å². The summed E-state index contributed by atoms with van der Waals surface area (Å²) in [5.74, 6) is -2.54. The van der Waals surface area contributed by atoms with E-state index < -0.39 is 64.3 Å². The van der Waals surface area contributed by atoms with Crippen molar-refractivity contribution in [2.75, 3.05) is 13.2 Å². The number of nitrogens with one attached hydrogen (secondary N) is 1. The number of carbonyl (C=O) groups excluding carboxylic acids is 2. The maximum absolute atomic E-state index is 13.5. The molecule has 342 valence electrons. The Hall–Kier alpha value is -3.45. The van der Waals surface area contributed by atoms with E-state index in [-0.39, 0.29) is 18.1 Å². The van der Waals surface area contributed by atoms with E-state index in [4.69, 9.17) is 9.47 Å². The predicted octanol–water partition coefficient (Wildman–Crippen LogP) is 10.2. The normalized spacial score (nSPS) is 11.6. The van der Waals surface area contributed by atoms with Crippen LogP contribution < -0.4 is 16.0 Å². The molecular formula is C47H79N3O9S. The average Bonchev–Trinajstić information content (AvgIpc) is 3.24. The maximum Gasteiger partial charge on any atom is 0.334 e. The highest BCUT2D eigenvalue weighted by atomic mass is 32.2. The number of esters is 2. The van der Waals surface area contributed by atoms with Crippen molar-refractivity contribution in [1.29, 1.82) is 0 Å². The lowest BCUT2D eigenvalue weighted by Gasteiger charge is -2.16. The second-order valence-corrected chi connectivity index (χ2v) is 18.1. The van der Waals surface area contributed by atoms with Gasteiger partial charge in [-0.15, -0.1) is 0 Å². The van der Waals surface area contributed by atoms with Crippen LogP contribution in [0.25, 0.3) is 0 Å². The third-order valence-corrected chi connectivity index (χ3v) is 12.5. The SMILES string of the molecule is CCCCCCCCCCCCCCCCOC(=O)Cn1c(O)c(CNS(=O)(=O)c2ccccc2)c(=O)n(CC(=O)OCCCCCCCCCCCCCCCC)c1=O. The minimum atomic E-state index is -4.12. The molecule has 0 aliphatic heterocycles. The summed E-state index contributed by atoms with van der Waals surface area (Å²) in [5.41, 5.74) is -2.70. The number of hydrogen-bond donors (Lipinski definition) is 2. The fraction of sp³-hybridized carbons (Fsp3) is 0.745. The van der Waals surface area contributed by atoms with Crippen molar-refractivity contribution in [3.63, 3.8) is 0 Å². The third-order valence-electron chi connectivity index (χ3n) is 11.1. The van der Waals surface area contributed by atoms with Crippen molar-refractivity contribution in [3.05, 3.63) is 56.7 Å². The topological polar surface area (TPSA) is 163 Å². The van der Waals surface area contributed by atoms with Crippen molar-refractivity contribution >= 4 is 22.0 Å². The van der Waals surface area contributed by atoms with Crippen LogP contribution in [0.1, 0.15) is 199 Å². The van der Waals surface area contributed by atoms with E-state index in [1.54, 1.807) is 6.07 Å². The van der Waals surface area contributed by atoms with Crippen LogP contribution in [0.2, 0.25) is 0 Å². The Bertz CT molecular complexity index is 1680. The highest BCUT2D eigenvalue weighted by Gasteiger charge is 2.24. The molecule has 1 aromatic heterocycles. The molecule has 12 nitrogen and oxygen atoms in total. The minimum absolute atomic E-state index is 0.0720. The first-order valence-corrected chi connectivity index (χ1v) is 25.0. The number of hydrogen-bond acceptors (Lipinski definition) is 9. The fourth-order valence-electron chi connectivity index (χ4n) is 7.35. The van der Waals surface area contributed by atoms with Gasteiger partial charge in [-0.3, -0.25) is 19.0 Å². The van der Waals surface area contributed by atoms with Crippen LogP contribution in [0.5, 0.6) is 5.88 Å². The van der Waals surface area contributed by atoms with Gasteiger partial charge >= 0.3 is 17.6 Å². The lowest BCUT2D eigenvalue weighted by molar-refractivity contribution is -0.145. The molecule has 13 heteroatoms. The first-order chi connectivity index (χ1) is 29.1. The van der Waals surface area contributed by atoms with Crippen molar-refractivity contribution in [3.8, 4) is 5.88 Å². The molecule has 2 rings (SSSR count). The summed E-state index contributed by atoms with van der Waals surface area (Å²) in [6, 6.07) is 7.45. The summed E-state index contributed by atoms with van der Waals surface area (Å²) in [5, 5.41) is 11.1. The van der Waals surface area contributed by atoms with Crippen LogP contribution in [0.3, 0.4) is 0 Å². The number of nitrogens with zero attached hydrogens (tertiary/aromatic N) is 2. The van der Waals surface area contributed by atoms with Gasteiger partial charge in [0.1, 0.15) is 13.1 Å². The number of sulfonamides is 1. The van der Waals surface area contributed by atoms with Crippen molar-refractivity contribution in [2.24, 2.45) is 0 Å². The first-order valence-electron chi connectivity index (χ1n) is 23.5. The van der Waals surface area contributed by atoms with E-state index in [1.807, 2.05) is 0 Å². The minimum Gasteiger partial charge on any atom is -0.494 e. The monoisotopic (exact) mass is 862 g/mol. The Morgan fingerprint density at radius 1 is 0.550 bits per heavy atom. The molecule has 2 aromatic rings. The smallest absolute Gasteiger partial charge is 0.334 e. The molecule has 0 aliphatic rings. The Labute approximate surface area is 361 Å². The number of ether oxygens (including phenoxy) is 2. The molecule has 0 atom stereocenters. The van der Waals surface area contributed by atoms with Crippen LogP contribution in [-0.4, -0.2) is 47.8 Å². The number of rotatable bonds is 38. The number of carbonyl (C=O) groups is 2. The third kappa shape index (κ3) is 23.0. The molecule has 0 radical (unpaired) electrons. The largest absolute Gasteiger partial charge is 0.494 e. The van der Waals surface area contributed by atoms with Crippen LogP contribution in [0, 0.1) is 0 Å². The summed E-state index contributed by atoms with van der Waals surface area (Å²) in [4.78, 5) is 52.7. The second-order valence-electron chi connectivity index (χ2n) is 16.3. The molecule has 0 unspecified atom stereocenters. The maximum atomic E-state index is 13.5. The highest BCUT2D eigenvalue weighted by molar-refractivity contribution is 7.89. The van der Waals surface area contributed by atoms with Gasteiger partial charge in [0.05, 0.1) is 23.7 Å². The van der Waals surface area contributed by atoms with Crippen molar-refractivity contribution in [1.82, 2.24) is 13.9 Å². The first kappa shape index (κ1) is 52.7. The summed E-state index contributed by atoms with van der Waals surface area (Å²) in [6.07, 6.45) is 33.2. The van der Waals surface area contributed by atoms with Gasteiger partial charge in [0.25, 0.3) is 5.56 Å². The molecule has 0 spiro atoms. The summed E-state index contributed by atoms with van der Waals surface area (Å²) in [6.45, 7) is 2.50. The zero-order valence-corrected chi connectivity index (χ0v) is 38.1. The summed E-state index contributed by atoms with van der Waals surface area (Å²) in [7, 11) is -4.12. The molecule has 0 saturated carbocycles. The van der Waals surface area contributed by atoms with Gasteiger partial charge in [-0.25, -0.2) is 22.5 Å². The van der Waals surface area contributed by atoms with Crippen LogP contribution in [0.4, 0.5) is 0 Å². The van der Waals surface area contributed by atoms with Gasteiger partial charge in [0.15, 0.2) is 0 Å². The van der Waals surface area contributed by atoms with E-state index in [2.05, 4.69) is 18.6 Å². The standard InChI is InChI=1S/C47H79N3O9S/c1-3-5-7-9-11-13-15-17-19-21-23-25-27-32-36-58-43(51)39-49-45(53)42(38-48-60(56,57)41-34-30-29-31-35-41)46(54)50(47(49)55)40-44(52)59-37-33-28-26-24-22-20-18-16-14-12-10-8-6-4-2/h29-31,34-35,48,53H,3-28,32-33,36-40H2,1-2H3. The van der Waals surface area contributed by atoms with Gasteiger partial charge < -0.3 is 14.6 Å². The lowest BCUT2D eigenvalue weighted by Crippen LogP contribution is -2.45. The molecule has 2 N–H and O–H groups in total. The highest BCUT2D eigenvalue weighted by Crippen LogP contribution is 2.16.